The lowest BCUT2D eigenvalue weighted by Gasteiger charge is -2.17. The maximum atomic E-state index is 13.2. The minimum Gasteiger partial charge on any atom is -0.368 e. The van der Waals surface area contributed by atoms with Gasteiger partial charge in [-0.2, -0.15) is 0 Å². The number of nitrogens with two attached hydrogens (primary N) is 1. The summed E-state index contributed by atoms with van der Waals surface area (Å²) in [5.41, 5.74) is 9.45. The average Bonchev–Trinajstić information content (AvgIpc) is 2.94. The van der Waals surface area contributed by atoms with E-state index in [-0.39, 0.29) is 5.56 Å². The van der Waals surface area contributed by atoms with Gasteiger partial charge in [-0.1, -0.05) is 30.7 Å². The molecule has 6 heteroatoms. The number of hydrogen-bond donors (Lipinski definition) is 1. The summed E-state index contributed by atoms with van der Waals surface area (Å²) in [5.74, 6) is -0.00526. The molecule has 2 heterocycles. The van der Waals surface area contributed by atoms with E-state index in [2.05, 4.69) is 11.1 Å². The Morgan fingerprint density at radius 3 is 2.60 bits per heavy atom. The maximum Gasteiger partial charge on any atom is 0.263 e. The Hall–Kier alpha value is -2.47. The van der Waals surface area contributed by atoms with Gasteiger partial charge in [0.1, 0.15) is 16.7 Å². The second-order valence-corrected chi connectivity index (χ2v) is 7.17. The van der Waals surface area contributed by atoms with Crippen LogP contribution >= 0.6 is 11.3 Å². The molecule has 0 saturated heterocycles. The third kappa shape index (κ3) is 2.87. The van der Waals surface area contributed by atoms with Crippen molar-refractivity contribution in [3.8, 4) is 11.1 Å². The van der Waals surface area contributed by atoms with E-state index < -0.39 is 11.9 Å². The zero-order valence-electron chi connectivity index (χ0n) is 14.8. The first kappa shape index (κ1) is 17.4. The van der Waals surface area contributed by atoms with Crippen LogP contribution < -0.4 is 11.3 Å². The number of primary amides is 1. The van der Waals surface area contributed by atoms with Crippen molar-refractivity contribution < 1.29 is 4.79 Å². The number of thiophene rings is 1. The van der Waals surface area contributed by atoms with Gasteiger partial charge in [0, 0.05) is 10.9 Å². The number of carbonyl (C=O) groups excluding carboxylic acids is 1. The Kier molecular flexibility index (Phi) is 4.47. The van der Waals surface area contributed by atoms with Crippen molar-refractivity contribution in [2.45, 2.75) is 40.2 Å². The lowest BCUT2D eigenvalue weighted by Crippen LogP contribution is -2.35. The summed E-state index contributed by atoms with van der Waals surface area (Å²) in [6.07, 6.45) is 0.451. The van der Waals surface area contributed by atoms with Gasteiger partial charge in [-0.25, -0.2) is 4.98 Å². The van der Waals surface area contributed by atoms with Gasteiger partial charge in [0.15, 0.2) is 0 Å². The SMILES string of the molecule is CCC(C(N)=O)n1c(C)nc2scc(-c3ccc(C)cc3C)c2c1=O. The number of nitrogens with zero attached hydrogens (tertiary/aromatic N) is 2. The molecule has 0 bridgehead atoms. The van der Waals surface area contributed by atoms with Crippen LogP contribution in [-0.4, -0.2) is 15.5 Å². The first-order valence-electron chi connectivity index (χ1n) is 8.22. The highest BCUT2D eigenvalue weighted by molar-refractivity contribution is 7.17. The van der Waals surface area contributed by atoms with Crippen molar-refractivity contribution in [3.05, 3.63) is 50.9 Å². The number of hydrogen-bond acceptors (Lipinski definition) is 4. The van der Waals surface area contributed by atoms with Crippen LogP contribution in [-0.2, 0) is 4.79 Å². The normalized spacial score (nSPS) is 12.5. The van der Waals surface area contributed by atoms with Crippen LogP contribution in [0.5, 0.6) is 0 Å². The van der Waals surface area contributed by atoms with Gasteiger partial charge in [-0.05, 0) is 38.3 Å². The number of fused-ring (bicyclic) bond motifs is 1. The molecule has 1 amide bonds. The number of benzene rings is 1. The average molecular weight is 355 g/mol. The molecule has 0 saturated carbocycles. The monoisotopic (exact) mass is 355 g/mol. The van der Waals surface area contributed by atoms with E-state index in [0.717, 1.165) is 16.7 Å². The lowest BCUT2D eigenvalue weighted by molar-refractivity contribution is -0.121. The van der Waals surface area contributed by atoms with Crippen molar-refractivity contribution >= 4 is 27.5 Å². The van der Waals surface area contributed by atoms with Gasteiger partial charge in [0.05, 0.1) is 5.39 Å². The van der Waals surface area contributed by atoms with Gasteiger partial charge in [0.2, 0.25) is 5.91 Å². The van der Waals surface area contributed by atoms with E-state index in [1.165, 1.54) is 21.5 Å². The molecule has 2 N–H and O–H groups in total. The molecule has 0 aliphatic carbocycles. The lowest BCUT2D eigenvalue weighted by atomic mass is 9.99. The zero-order chi connectivity index (χ0) is 18.3. The molecule has 0 radical (unpaired) electrons. The van der Waals surface area contributed by atoms with Gasteiger partial charge in [-0.3, -0.25) is 14.2 Å². The van der Waals surface area contributed by atoms with Crippen LogP contribution in [0.3, 0.4) is 0 Å². The zero-order valence-corrected chi connectivity index (χ0v) is 15.6. The molecule has 25 heavy (non-hydrogen) atoms. The summed E-state index contributed by atoms with van der Waals surface area (Å²) in [7, 11) is 0. The van der Waals surface area contributed by atoms with Gasteiger partial charge >= 0.3 is 0 Å². The molecule has 5 nitrogen and oxygen atoms in total. The fourth-order valence-electron chi connectivity index (χ4n) is 3.30. The number of carbonyl (C=O) groups is 1. The molecule has 130 valence electrons. The second-order valence-electron chi connectivity index (χ2n) is 6.31. The van der Waals surface area contributed by atoms with Crippen molar-refractivity contribution in [2.75, 3.05) is 0 Å². The minimum atomic E-state index is -0.684. The highest BCUT2D eigenvalue weighted by Gasteiger charge is 2.23. The number of aromatic nitrogens is 2. The first-order valence-corrected chi connectivity index (χ1v) is 9.10. The van der Waals surface area contributed by atoms with Crippen molar-refractivity contribution in [1.82, 2.24) is 9.55 Å². The van der Waals surface area contributed by atoms with Gasteiger partial charge < -0.3 is 5.73 Å². The first-order chi connectivity index (χ1) is 11.8. The molecule has 2 aromatic heterocycles. The molecule has 3 rings (SSSR count). The van der Waals surface area contributed by atoms with Crippen molar-refractivity contribution in [3.63, 3.8) is 0 Å². The quantitative estimate of drug-likeness (QED) is 0.778. The fourth-order valence-corrected chi connectivity index (χ4v) is 4.27. The van der Waals surface area contributed by atoms with E-state index in [1.54, 1.807) is 6.92 Å². The third-order valence-corrected chi connectivity index (χ3v) is 5.39. The molecule has 0 spiro atoms. The summed E-state index contributed by atoms with van der Waals surface area (Å²) in [6.45, 7) is 7.65. The Morgan fingerprint density at radius 1 is 1.28 bits per heavy atom. The molecule has 3 aromatic rings. The van der Waals surface area contributed by atoms with Crippen LogP contribution in [0.2, 0.25) is 0 Å². The maximum absolute atomic E-state index is 13.2. The van der Waals surface area contributed by atoms with Crippen LogP contribution in [0.4, 0.5) is 0 Å². The fraction of sp³-hybridized carbons (Fsp3) is 0.316. The van der Waals surface area contributed by atoms with Gasteiger partial charge in [-0.15, -0.1) is 11.3 Å². The number of rotatable bonds is 4. The van der Waals surface area contributed by atoms with Crippen LogP contribution in [0, 0.1) is 20.8 Å². The largest absolute Gasteiger partial charge is 0.368 e. The topological polar surface area (TPSA) is 78.0 Å². The Bertz CT molecular complexity index is 1030. The van der Waals surface area contributed by atoms with E-state index in [4.69, 9.17) is 5.73 Å². The molecule has 1 atom stereocenters. The summed E-state index contributed by atoms with van der Waals surface area (Å²) in [4.78, 5) is 30.2. The molecule has 0 fully saturated rings. The van der Waals surface area contributed by atoms with E-state index in [1.807, 2.05) is 38.3 Å². The summed E-state index contributed by atoms with van der Waals surface area (Å²) in [5, 5.41) is 2.52. The second kappa shape index (κ2) is 6.44. The Morgan fingerprint density at radius 2 is 2.00 bits per heavy atom. The van der Waals surface area contributed by atoms with E-state index in [9.17, 15) is 9.59 Å². The van der Waals surface area contributed by atoms with Gasteiger partial charge in [0.25, 0.3) is 5.56 Å². The smallest absolute Gasteiger partial charge is 0.263 e. The number of aryl methyl sites for hydroxylation is 3. The predicted octanol–water partition coefficient (Wildman–Crippen LogP) is 3.49. The molecule has 1 unspecified atom stereocenters. The number of amides is 1. The Balaban J connectivity index is 2.34. The summed E-state index contributed by atoms with van der Waals surface area (Å²) < 4.78 is 1.43. The third-order valence-electron chi connectivity index (χ3n) is 4.52. The van der Waals surface area contributed by atoms with Crippen LogP contribution in [0.1, 0.15) is 36.3 Å². The highest BCUT2D eigenvalue weighted by Crippen LogP contribution is 2.33. The molecule has 0 aliphatic rings. The molecule has 0 aliphatic heterocycles. The summed E-state index contributed by atoms with van der Waals surface area (Å²) >= 11 is 1.45. The standard InChI is InChI=1S/C19H21N3O2S/c1-5-15(17(20)23)22-12(4)21-18-16(19(22)24)14(9-25-18)13-7-6-10(2)8-11(13)3/h6-9,15H,5H2,1-4H3,(H2,20,23). The minimum absolute atomic E-state index is 0.204. The highest BCUT2D eigenvalue weighted by atomic mass is 32.1. The van der Waals surface area contributed by atoms with Crippen molar-refractivity contribution in [1.29, 1.82) is 0 Å². The van der Waals surface area contributed by atoms with Crippen LogP contribution in [0.25, 0.3) is 21.3 Å². The van der Waals surface area contributed by atoms with E-state index >= 15 is 0 Å². The Labute approximate surface area is 150 Å². The molecule has 1 aromatic carbocycles. The molecular formula is C19H21N3O2S. The van der Waals surface area contributed by atoms with Crippen molar-refractivity contribution in [2.24, 2.45) is 5.73 Å². The summed E-state index contributed by atoms with van der Waals surface area (Å²) in [6, 6.07) is 5.47. The predicted molar refractivity (Wildman–Crippen MR) is 102 cm³/mol. The van der Waals surface area contributed by atoms with Crippen LogP contribution in [0.15, 0.2) is 28.4 Å². The van der Waals surface area contributed by atoms with E-state index in [0.29, 0.717) is 22.5 Å². The molecular weight excluding hydrogens is 334 g/mol.